The average molecular weight is 345 g/mol. The molecular weight excluding hydrogens is 330 g/mol. The van der Waals surface area contributed by atoms with Crippen molar-refractivity contribution < 1.29 is 0 Å². The molecule has 0 bridgehead atoms. The highest BCUT2D eigenvalue weighted by molar-refractivity contribution is 9.11. The minimum atomic E-state index is 0.159. The molecule has 96 valence electrons. The average Bonchev–Trinajstić information content (AvgIpc) is 2.66. The van der Waals surface area contributed by atoms with Gasteiger partial charge < -0.3 is 5.32 Å². The maximum Gasteiger partial charge on any atom is 0.0704 e. The molecule has 1 atom stereocenters. The summed E-state index contributed by atoms with van der Waals surface area (Å²) < 4.78 is 1.16. The van der Waals surface area contributed by atoms with Gasteiger partial charge in [-0.1, -0.05) is 36.7 Å². The van der Waals surface area contributed by atoms with Crippen LogP contribution in [0.2, 0.25) is 5.02 Å². The van der Waals surface area contributed by atoms with Crippen molar-refractivity contribution in [2.45, 2.75) is 19.9 Å². The van der Waals surface area contributed by atoms with Crippen LogP contribution in [0.5, 0.6) is 0 Å². The molecule has 0 aliphatic rings. The summed E-state index contributed by atoms with van der Waals surface area (Å²) >= 11 is 11.6. The number of nitrogens with one attached hydrogen (secondary N) is 1. The van der Waals surface area contributed by atoms with Crippen LogP contribution in [0.15, 0.2) is 34.1 Å². The number of benzene rings is 1. The Labute approximate surface area is 125 Å². The molecule has 2 aromatic rings. The number of aryl methyl sites for hydroxylation is 1. The molecule has 1 aromatic carbocycles. The van der Waals surface area contributed by atoms with Crippen LogP contribution in [0.3, 0.4) is 0 Å². The van der Waals surface area contributed by atoms with E-state index in [0.717, 1.165) is 20.9 Å². The second-order valence-corrected chi connectivity index (χ2v) is 7.12. The fourth-order valence-corrected chi connectivity index (χ4v) is 4.04. The zero-order valence-corrected chi connectivity index (χ0v) is 13.5. The Balaban J connectivity index is 2.46. The van der Waals surface area contributed by atoms with Gasteiger partial charge in [0, 0.05) is 9.90 Å². The van der Waals surface area contributed by atoms with Crippen LogP contribution < -0.4 is 5.32 Å². The summed E-state index contributed by atoms with van der Waals surface area (Å²) in [6.45, 7) is 5.16. The second kappa shape index (κ2) is 6.20. The van der Waals surface area contributed by atoms with Crippen molar-refractivity contribution in [3.05, 3.63) is 55.1 Å². The molecule has 4 heteroatoms. The molecule has 0 saturated carbocycles. The van der Waals surface area contributed by atoms with Crippen molar-refractivity contribution in [1.29, 1.82) is 0 Å². The highest BCUT2D eigenvalue weighted by Crippen LogP contribution is 2.35. The first-order chi connectivity index (χ1) is 8.63. The van der Waals surface area contributed by atoms with E-state index in [1.165, 1.54) is 10.4 Å². The van der Waals surface area contributed by atoms with Crippen molar-refractivity contribution in [1.82, 2.24) is 5.32 Å². The molecule has 2 rings (SSSR count). The highest BCUT2D eigenvalue weighted by Gasteiger charge is 2.19. The predicted octanol–water partition coefficient (Wildman–Crippen LogP) is 5.17. The number of hydrogen-bond donors (Lipinski definition) is 1. The number of thiophene rings is 1. The molecule has 0 spiro atoms. The minimum absolute atomic E-state index is 0.159. The van der Waals surface area contributed by atoms with Crippen LogP contribution in [-0.4, -0.2) is 6.54 Å². The molecule has 1 unspecified atom stereocenters. The molecule has 1 heterocycles. The Hall–Kier alpha value is -0.350. The van der Waals surface area contributed by atoms with Crippen LogP contribution in [0.1, 0.15) is 29.0 Å². The van der Waals surface area contributed by atoms with E-state index in [9.17, 15) is 0 Å². The van der Waals surface area contributed by atoms with E-state index in [0.29, 0.717) is 0 Å². The van der Waals surface area contributed by atoms with Gasteiger partial charge in [0.15, 0.2) is 0 Å². The third-order valence-electron chi connectivity index (χ3n) is 2.86. The van der Waals surface area contributed by atoms with Crippen molar-refractivity contribution in [3.8, 4) is 0 Å². The first kappa shape index (κ1) is 14.1. The zero-order valence-electron chi connectivity index (χ0n) is 10.3. The molecule has 0 aliphatic heterocycles. The largest absolute Gasteiger partial charge is 0.306 e. The van der Waals surface area contributed by atoms with E-state index in [2.05, 4.69) is 47.2 Å². The van der Waals surface area contributed by atoms with Gasteiger partial charge in [0.05, 0.1) is 9.83 Å². The third-order valence-corrected chi connectivity index (χ3v) is 4.78. The van der Waals surface area contributed by atoms with Crippen LogP contribution in [0, 0.1) is 6.92 Å². The first-order valence-corrected chi connectivity index (χ1v) is 7.86. The van der Waals surface area contributed by atoms with E-state index >= 15 is 0 Å². The van der Waals surface area contributed by atoms with Crippen LogP contribution in [0.25, 0.3) is 0 Å². The lowest BCUT2D eigenvalue weighted by Gasteiger charge is -2.19. The summed E-state index contributed by atoms with van der Waals surface area (Å²) in [5, 5.41) is 4.32. The summed E-state index contributed by atoms with van der Waals surface area (Å²) in [7, 11) is 0. The van der Waals surface area contributed by atoms with E-state index in [1.54, 1.807) is 11.3 Å². The Kier molecular flexibility index (Phi) is 4.84. The van der Waals surface area contributed by atoms with Gasteiger partial charge in [-0.15, -0.1) is 11.3 Å². The summed E-state index contributed by atoms with van der Waals surface area (Å²) in [5.41, 5.74) is 2.43. The Morgan fingerprint density at radius 1 is 1.33 bits per heavy atom. The van der Waals surface area contributed by atoms with E-state index < -0.39 is 0 Å². The smallest absolute Gasteiger partial charge is 0.0704 e. The van der Waals surface area contributed by atoms with Crippen LogP contribution in [-0.2, 0) is 0 Å². The lowest BCUT2D eigenvalue weighted by Crippen LogP contribution is -2.22. The van der Waals surface area contributed by atoms with Crippen LogP contribution in [0.4, 0.5) is 0 Å². The lowest BCUT2D eigenvalue weighted by molar-refractivity contribution is 0.630. The topological polar surface area (TPSA) is 12.0 Å². The van der Waals surface area contributed by atoms with Crippen molar-refractivity contribution in [3.63, 3.8) is 0 Å². The lowest BCUT2D eigenvalue weighted by atomic mass is 9.99. The maximum atomic E-state index is 6.32. The van der Waals surface area contributed by atoms with Gasteiger partial charge in [0.2, 0.25) is 0 Å². The molecular formula is C14H15BrClNS. The normalized spacial score (nSPS) is 12.7. The van der Waals surface area contributed by atoms with Crippen molar-refractivity contribution in [2.75, 3.05) is 6.54 Å². The highest BCUT2D eigenvalue weighted by atomic mass is 79.9. The van der Waals surface area contributed by atoms with Crippen molar-refractivity contribution >= 4 is 38.9 Å². The molecule has 0 aliphatic carbocycles. The standard InChI is InChI=1S/C14H15BrClNS/c1-3-17-14(10-6-4-5-7-12(10)16)11-8-13(15)18-9(11)2/h4-8,14,17H,3H2,1-2H3. The molecule has 1 N–H and O–H groups in total. The molecule has 1 nitrogen and oxygen atoms in total. The summed E-state index contributed by atoms with van der Waals surface area (Å²) in [6.07, 6.45) is 0. The molecule has 1 aromatic heterocycles. The summed E-state index contributed by atoms with van der Waals surface area (Å²) in [4.78, 5) is 1.31. The zero-order chi connectivity index (χ0) is 13.1. The number of rotatable bonds is 4. The molecule has 0 radical (unpaired) electrons. The van der Waals surface area contributed by atoms with E-state index in [4.69, 9.17) is 11.6 Å². The van der Waals surface area contributed by atoms with E-state index in [1.807, 2.05) is 18.2 Å². The Morgan fingerprint density at radius 3 is 2.61 bits per heavy atom. The fourth-order valence-electron chi connectivity index (χ4n) is 2.05. The number of hydrogen-bond acceptors (Lipinski definition) is 2. The van der Waals surface area contributed by atoms with Gasteiger partial charge in [-0.25, -0.2) is 0 Å². The maximum absolute atomic E-state index is 6.32. The second-order valence-electron chi connectivity index (χ2n) is 4.07. The quantitative estimate of drug-likeness (QED) is 0.806. The molecule has 0 amide bonds. The minimum Gasteiger partial charge on any atom is -0.306 e. The predicted molar refractivity (Wildman–Crippen MR) is 83.7 cm³/mol. The summed E-state index contributed by atoms with van der Waals surface area (Å²) in [6, 6.07) is 10.4. The molecule has 18 heavy (non-hydrogen) atoms. The van der Waals surface area contributed by atoms with E-state index in [-0.39, 0.29) is 6.04 Å². The molecule has 0 saturated heterocycles. The van der Waals surface area contributed by atoms with Crippen LogP contribution >= 0.6 is 38.9 Å². The van der Waals surface area contributed by atoms with Gasteiger partial charge in [0.1, 0.15) is 0 Å². The Morgan fingerprint density at radius 2 is 2.06 bits per heavy atom. The Bertz CT molecular complexity index is 538. The summed E-state index contributed by atoms with van der Waals surface area (Å²) in [5.74, 6) is 0. The monoisotopic (exact) mass is 343 g/mol. The van der Waals surface area contributed by atoms with Gasteiger partial charge >= 0.3 is 0 Å². The van der Waals surface area contributed by atoms with Gasteiger partial charge in [0.25, 0.3) is 0 Å². The fraction of sp³-hybridized carbons (Fsp3) is 0.286. The SMILES string of the molecule is CCNC(c1ccccc1Cl)c1cc(Br)sc1C. The third kappa shape index (κ3) is 2.97. The molecule has 0 fully saturated rings. The van der Waals surface area contributed by atoms with Crippen molar-refractivity contribution in [2.24, 2.45) is 0 Å². The number of halogens is 2. The van der Waals surface area contributed by atoms with Gasteiger partial charge in [-0.3, -0.25) is 0 Å². The van der Waals surface area contributed by atoms with Gasteiger partial charge in [-0.05, 0) is 52.7 Å². The first-order valence-electron chi connectivity index (χ1n) is 5.87. The van der Waals surface area contributed by atoms with Gasteiger partial charge in [-0.2, -0.15) is 0 Å².